The zero-order chi connectivity index (χ0) is 21.6. The molecule has 10 heteroatoms. The summed E-state index contributed by atoms with van der Waals surface area (Å²) in [5, 5.41) is 23.3. The average molecular weight is 427 g/mol. The van der Waals surface area contributed by atoms with Gasteiger partial charge in [0.15, 0.2) is 5.69 Å². The van der Waals surface area contributed by atoms with Crippen LogP contribution >= 0.6 is 0 Å². The quantitative estimate of drug-likeness (QED) is 0.389. The molecule has 1 aliphatic rings. The summed E-state index contributed by atoms with van der Waals surface area (Å²) in [5.74, 6) is 1.58. The number of nitrogens with one attached hydrogen (secondary N) is 1. The summed E-state index contributed by atoms with van der Waals surface area (Å²) >= 11 is 0. The van der Waals surface area contributed by atoms with Gasteiger partial charge in [-0.25, -0.2) is 10.2 Å². The summed E-state index contributed by atoms with van der Waals surface area (Å²) in [4.78, 5) is 11.1. The zero-order valence-corrected chi connectivity index (χ0v) is 17.2. The topological polar surface area (TPSA) is 121 Å². The second-order valence-corrected chi connectivity index (χ2v) is 7.31. The summed E-state index contributed by atoms with van der Waals surface area (Å²) in [6, 6.07) is 10.6. The summed E-state index contributed by atoms with van der Waals surface area (Å²) in [6.45, 7) is 2.54. The number of hydrogen-bond donors (Lipinski definition) is 2. The minimum Gasteiger partial charge on any atom is -0.595 e. The second kappa shape index (κ2) is 9.94. The van der Waals surface area contributed by atoms with Crippen molar-refractivity contribution in [3.8, 4) is 17.3 Å². The van der Waals surface area contributed by atoms with Gasteiger partial charge in [-0.1, -0.05) is 17.3 Å². The Labute approximate surface area is 179 Å². The van der Waals surface area contributed by atoms with Gasteiger partial charge < -0.3 is 19.2 Å². The molecule has 0 amide bonds. The minimum atomic E-state index is -0.923. The van der Waals surface area contributed by atoms with Gasteiger partial charge >= 0.3 is 0 Å². The molecule has 0 spiro atoms. The van der Waals surface area contributed by atoms with Crippen LogP contribution in [-0.2, 0) is 11.3 Å². The number of aromatic nitrogens is 3. The van der Waals surface area contributed by atoms with Gasteiger partial charge in [-0.05, 0) is 31.0 Å². The van der Waals surface area contributed by atoms with Gasteiger partial charge in [0.25, 0.3) is 0 Å². The molecule has 1 fully saturated rings. The average Bonchev–Trinajstić information content (AvgIpc) is 3.44. The first kappa shape index (κ1) is 21.3. The van der Waals surface area contributed by atoms with Gasteiger partial charge in [0, 0.05) is 43.6 Å². The van der Waals surface area contributed by atoms with E-state index in [9.17, 15) is 5.21 Å². The fourth-order valence-corrected chi connectivity index (χ4v) is 3.60. The highest BCUT2D eigenvalue weighted by atomic mass is 16.8. The maximum atomic E-state index is 11.0. The number of pyridine rings is 1. The number of ether oxygens (including phenoxy) is 2. The van der Waals surface area contributed by atoms with E-state index in [1.54, 1.807) is 31.5 Å². The third kappa shape index (κ3) is 5.24. The molecular weight excluding hydrogens is 402 g/mol. The Balaban J connectivity index is 1.41. The van der Waals surface area contributed by atoms with Crippen LogP contribution in [0.3, 0.4) is 0 Å². The number of hydrogen-bond acceptors (Lipinski definition) is 9. The van der Waals surface area contributed by atoms with Crippen LogP contribution in [0.1, 0.15) is 30.3 Å². The molecule has 2 aromatic heterocycles. The van der Waals surface area contributed by atoms with Crippen LogP contribution in [0.15, 0.2) is 47.1 Å². The lowest BCUT2D eigenvalue weighted by Crippen LogP contribution is -2.99. The molecule has 0 bridgehead atoms. The van der Waals surface area contributed by atoms with Gasteiger partial charge in [0.2, 0.25) is 17.6 Å². The first-order valence-corrected chi connectivity index (χ1v) is 10.1. The van der Waals surface area contributed by atoms with Crippen molar-refractivity contribution in [2.24, 2.45) is 0 Å². The molecule has 3 aromatic rings. The molecule has 10 nitrogen and oxygen atoms in total. The zero-order valence-electron chi connectivity index (χ0n) is 17.2. The molecule has 1 aromatic carbocycles. The van der Waals surface area contributed by atoms with E-state index in [0.29, 0.717) is 37.4 Å². The van der Waals surface area contributed by atoms with Crippen molar-refractivity contribution in [2.45, 2.75) is 25.4 Å². The van der Waals surface area contributed by atoms with Crippen LogP contribution in [0, 0.1) is 5.21 Å². The third-order valence-electron chi connectivity index (χ3n) is 5.21. The van der Waals surface area contributed by atoms with Crippen LogP contribution in [0.5, 0.6) is 5.88 Å². The van der Waals surface area contributed by atoms with Gasteiger partial charge in [-0.2, -0.15) is 10.2 Å². The number of rotatable bonds is 9. The van der Waals surface area contributed by atoms with E-state index in [1.807, 2.05) is 18.2 Å². The number of methoxy groups -OCH3 is 1. The van der Waals surface area contributed by atoms with E-state index in [4.69, 9.17) is 19.2 Å². The first-order valence-electron chi connectivity index (χ1n) is 10.1. The highest BCUT2D eigenvalue weighted by molar-refractivity contribution is 5.53. The number of quaternary nitrogens is 1. The van der Waals surface area contributed by atoms with Crippen molar-refractivity contribution in [2.75, 3.05) is 26.9 Å². The Hall–Kier alpha value is -2.89. The number of likely N-dealkylation sites (tertiary alicyclic amines) is 1. The SMILES string of the molecule is COCCOc1ccc(-c2noc(C3CCCN3Cc3ccc([NH+]([O-])O)cc3)n2)cn1. The monoisotopic (exact) mass is 427 g/mol. The molecule has 31 heavy (non-hydrogen) atoms. The molecule has 0 aliphatic carbocycles. The predicted octanol–water partition coefficient (Wildman–Crippen LogP) is 1.90. The molecule has 1 aliphatic heterocycles. The molecule has 2 atom stereocenters. The lowest BCUT2D eigenvalue weighted by Gasteiger charge is -2.21. The lowest BCUT2D eigenvalue weighted by molar-refractivity contribution is -0.991. The van der Waals surface area contributed by atoms with Crippen molar-refractivity contribution in [3.05, 3.63) is 59.3 Å². The Kier molecular flexibility index (Phi) is 6.85. The standard InChI is InChI=1S/C21H25N5O5/c1-29-11-12-30-19-9-6-16(13-22-19)20-23-21(31-24-20)18-3-2-10-25(18)14-15-4-7-17(8-5-15)26(27)28/h4-9,13,18,26-27H,2-3,10-12,14H2,1H3. The van der Waals surface area contributed by atoms with E-state index >= 15 is 0 Å². The molecule has 0 radical (unpaired) electrons. The lowest BCUT2D eigenvalue weighted by atomic mass is 10.1. The fourth-order valence-electron chi connectivity index (χ4n) is 3.60. The van der Waals surface area contributed by atoms with Crippen LogP contribution in [-0.4, -0.2) is 52.1 Å². The largest absolute Gasteiger partial charge is 0.595 e. The van der Waals surface area contributed by atoms with E-state index in [2.05, 4.69) is 20.0 Å². The fraction of sp³-hybridized carbons (Fsp3) is 0.381. The molecule has 164 valence electrons. The highest BCUT2D eigenvalue weighted by Gasteiger charge is 2.31. The Morgan fingerprint density at radius 3 is 2.77 bits per heavy atom. The van der Waals surface area contributed by atoms with Crippen LogP contribution in [0.25, 0.3) is 11.4 Å². The van der Waals surface area contributed by atoms with E-state index in [0.717, 1.165) is 30.5 Å². The smallest absolute Gasteiger partial charge is 0.244 e. The van der Waals surface area contributed by atoms with Crippen molar-refractivity contribution in [1.29, 1.82) is 0 Å². The highest BCUT2D eigenvalue weighted by Crippen LogP contribution is 2.33. The van der Waals surface area contributed by atoms with Crippen LogP contribution in [0.2, 0.25) is 0 Å². The van der Waals surface area contributed by atoms with Gasteiger partial charge in [-0.3, -0.25) is 4.90 Å². The Morgan fingerprint density at radius 2 is 2.06 bits per heavy atom. The Morgan fingerprint density at radius 1 is 1.23 bits per heavy atom. The third-order valence-corrected chi connectivity index (χ3v) is 5.21. The Bertz CT molecular complexity index is 961. The normalized spacial score (nSPS) is 17.7. The van der Waals surface area contributed by atoms with E-state index in [1.165, 1.54) is 0 Å². The summed E-state index contributed by atoms with van der Waals surface area (Å²) in [6.07, 6.45) is 3.62. The summed E-state index contributed by atoms with van der Waals surface area (Å²) in [5.41, 5.74) is 2.08. The van der Waals surface area contributed by atoms with Gasteiger partial charge in [-0.15, -0.1) is 0 Å². The molecule has 2 N–H and O–H groups in total. The molecular formula is C21H25N5O5. The first-order chi connectivity index (χ1) is 15.1. The van der Waals surface area contributed by atoms with Crippen molar-refractivity contribution < 1.29 is 24.4 Å². The molecule has 4 rings (SSSR count). The van der Waals surface area contributed by atoms with Gasteiger partial charge in [0.05, 0.1) is 12.6 Å². The van der Waals surface area contributed by atoms with Crippen molar-refractivity contribution in [1.82, 2.24) is 20.0 Å². The maximum Gasteiger partial charge on any atom is 0.244 e. The predicted molar refractivity (Wildman–Crippen MR) is 110 cm³/mol. The molecule has 1 saturated heterocycles. The molecule has 0 saturated carbocycles. The number of nitrogens with zero attached hydrogens (tertiary/aromatic N) is 4. The van der Waals surface area contributed by atoms with Crippen LogP contribution in [0.4, 0.5) is 5.69 Å². The molecule has 2 unspecified atom stereocenters. The van der Waals surface area contributed by atoms with Crippen LogP contribution < -0.4 is 9.96 Å². The summed E-state index contributed by atoms with van der Waals surface area (Å²) < 4.78 is 16.0. The van der Waals surface area contributed by atoms with E-state index < -0.39 is 5.23 Å². The molecule has 3 heterocycles. The minimum absolute atomic E-state index is 0.0324. The van der Waals surface area contributed by atoms with E-state index in [-0.39, 0.29) is 11.7 Å². The summed E-state index contributed by atoms with van der Waals surface area (Å²) in [7, 11) is 1.62. The number of benzene rings is 1. The maximum absolute atomic E-state index is 11.0. The van der Waals surface area contributed by atoms with Crippen molar-refractivity contribution >= 4 is 5.69 Å². The van der Waals surface area contributed by atoms with Crippen molar-refractivity contribution in [3.63, 3.8) is 0 Å². The second-order valence-electron chi connectivity index (χ2n) is 7.31. The van der Waals surface area contributed by atoms with Gasteiger partial charge in [0.1, 0.15) is 6.61 Å².